The van der Waals surface area contributed by atoms with Crippen LogP contribution >= 0.6 is 23.1 Å². The van der Waals surface area contributed by atoms with Gasteiger partial charge in [-0.05, 0) is 38.2 Å². The van der Waals surface area contributed by atoms with Crippen LogP contribution in [0.25, 0.3) is 10.2 Å². The second-order valence-electron chi connectivity index (χ2n) is 5.18. The van der Waals surface area contributed by atoms with Crippen LogP contribution < -0.4 is 11.1 Å². The molecule has 0 aliphatic heterocycles. The number of nitrogens with one attached hydrogen (secondary N) is 1. The molecule has 3 rings (SSSR count). The summed E-state index contributed by atoms with van der Waals surface area (Å²) in [6, 6.07) is -0.835. The molecule has 3 N–H and O–H groups in total. The molecule has 0 unspecified atom stereocenters. The zero-order chi connectivity index (χ0) is 15.7. The normalized spacial score (nSPS) is 15.3. The molecule has 0 saturated heterocycles. The van der Waals surface area contributed by atoms with Gasteiger partial charge in [-0.25, -0.2) is 14.8 Å². The summed E-state index contributed by atoms with van der Waals surface area (Å²) >= 11 is 3.06. The third kappa shape index (κ3) is 2.93. The molecule has 1 atom stereocenters. The smallest absolute Gasteiger partial charge is 0.318 e. The number of amides is 3. The van der Waals surface area contributed by atoms with Crippen molar-refractivity contribution in [1.29, 1.82) is 0 Å². The number of nitrogens with two attached hydrogens (primary N) is 1. The van der Waals surface area contributed by atoms with Crippen molar-refractivity contribution in [2.45, 2.75) is 42.9 Å². The molecule has 0 saturated carbocycles. The molecular weight excluding hydrogens is 320 g/mol. The van der Waals surface area contributed by atoms with Crippen LogP contribution in [-0.2, 0) is 17.6 Å². The molecule has 2 aromatic heterocycles. The topological polar surface area (TPSA) is 98.0 Å². The second-order valence-corrected chi connectivity index (χ2v) is 7.60. The molecule has 0 radical (unpaired) electrons. The SMILES string of the molecule is C[C@H](Sc1ncnc2sc3c(c12)CCCC3)C(=O)NC(N)=O. The molecule has 2 heterocycles. The van der Waals surface area contributed by atoms with Crippen LogP contribution in [0.5, 0.6) is 0 Å². The first kappa shape index (κ1) is 15.2. The van der Waals surface area contributed by atoms with Crippen molar-refractivity contribution in [3.8, 4) is 0 Å². The van der Waals surface area contributed by atoms with E-state index in [-0.39, 0.29) is 0 Å². The van der Waals surface area contributed by atoms with E-state index in [1.54, 1.807) is 18.3 Å². The minimum atomic E-state index is -0.835. The fourth-order valence-electron chi connectivity index (χ4n) is 2.59. The average Bonchev–Trinajstić information content (AvgIpc) is 2.85. The summed E-state index contributed by atoms with van der Waals surface area (Å²) in [6.07, 6.45) is 6.06. The number of aryl methyl sites for hydroxylation is 2. The summed E-state index contributed by atoms with van der Waals surface area (Å²) in [5, 5.41) is 3.53. The Balaban J connectivity index is 1.92. The number of rotatable bonds is 3. The third-order valence-electron chi connectivity index (χ3n) is 3.62. The fourth-order valence-corrected chi connectivity index (χ4v) is 4.83. The summed E-state index contributed by atoms with van der Waals surface area (Å²) < 4.78 is 0. The summed E-state index contributed by atoms with van der Waals surface area (Å²) in [7, 11) is 0. The van der Waals surface area contributed by atoms with Crippen molar-refractivity contribution in [3.63, 3.8) is 0 Å². The van der Waals surface area contributed by atoms with E-state index >= 15 is 0 Å². The lowest BCUT2D eigenvalue weighted by Crippen LogP contribution is -2.39. The van der Waals surface area contributed by atoms with E-state index < -0.39 is 17.2 Å². The Morgan fingerprint density at radius 3 is 2.91 bits per heavy atom. The standard InChI is InChI=1S/C14H16N4O2S2/c1-7(11(19)18-14(15)20)21-12-10-8-4-2-3-5-9(8)22-13(10)17-6-16-12/h6-7H,2-5H2,1H3,(H3,15,18,19,20)/t7-/m0/s1. The van der Waals surface area contributed by atoms with Gasteiger partial charge in [-0.2, -0.15) is 0 Å². The average molecular weight is 336 g/mol. The van der Waals surface area contributed by atoms with Gasteiger partial charge in [0, 0.05) is 10.3 Å². The lowest BCUT2D eigenvalue weighted by Gasteiger charge is -2.13. The first-order valence-corrected chi connectivity index (χ1v) is 8.78. The summed E-state index contributed by atoms with van der Waals surface area (Å²) in [5.74, 6) is -0.409. The molecule has 1 aliphatic rings. The largest absolute Gasteiger partial charge is 0.351 e. The van der Waals surface area contributed by atoms with Gasteiger partial charge in [-0.3, -0.25) is 10.1 Å². The lowest BCUT2D eigenvalue weighted by atomic mass is 9.97. The second kappa shape index (κ2) is 6.21. The lowest BCUT2D eigenvalue weighted by molar-refractivity contribution is -0.119. The highest BCUT2D eigenvalue weighted by Crippen LogP contribution is 2.40. The number of urea groups is 1. The van der Waals surface area contributed by atoms with Crippen molar-refractivity contribution in [1.82, 2.24) is 15.3 Å². The number of fused-ring (bicyclic) bond motifs is 3. The molecular formula is C14H16N4O2S2. The quantitative estimate of drug-likeness (QED) is 0.662. The molecule has 116 valence electrons. The molecule has 3 amide bonds. The number of primary amides is 1. The van der Waals surface area contributed by atoms with Crippen LogP contribution in [0.15, 0.2) is 11.4 Å². The van der Waals surface area contributed by atoms with E-state index in [1.807, 2.05) is 0 Å². The molecule has 22 heavy (non-hydrogen) atoms. The molecule has 0 spiro atoms. The van der Waals surface area contributed by atoms with Gasteiger partial charge in [0.05, 0.1) is 5.25 Å². The number of thioether (sulfide) groups is 1. The van der Waals surface area contributed by atoms with Crippen LogP contribution in [0.2, 0.25) is 0 Å². The summed E-state index contributed by atoms with van der Waals surface area (Å²) in [5.41, 5.74) is 6.32. The summed E-state index contributed by atoms with van der Waals surface area (Å²) in [4.78, 5) is 33.7. The number of imide groups is 1. The first-order valence-electron chi connectivity index (χ1n) is 7.08. The van der Waals surface area contributed by atoms with Gasteiger partial charge in [-0.1, -0.05) is 11.8 Å². The molecule has 0 bridgehead atoms. The van der Waals surface area contributed by atoms with E-state index in [4.69, 9.17) is 5.73 Å². The third-order valence-corrected chi connectivity index (χ3v) is 5.92. The van der Waals surface area contributed by atoms with E-state index in [0.717, 1.165) is 28.1 Å². The Hall–Kier alpha value is -1.67. The van der Waals surface area contributed by atoms with Gasteiger partial charge in [-0.15, -0.1) is 11.3 Å². The number of aromatic nitrogens is 2. The fraction of sp³-hybridized carbons (Fsp3) is 0.429. The van der Waals surface area contributed by atoms with Gasteiger partial charge in [0.2, 0.25) is 5.91 Å². The Morgan fingerprint density at radius 1 is 1.36 bits per heavy atom. The maximum absolute atomic E-state index is 11.8. The van der Waals surface area contributed by atoms with Crippen molar-refractivity contribution in [3.05, 3.63) is 16.8 Å². The van der Waals surface area contributed by atoms with Gasteiger partial charge in [0.25, 0.3) is 0 Å². The molecule has 0 aromatic carbocycles. The monoisotopic (exact) mass is 336 g/mol. The molecule has 2 aromatic rings. The Labute approximate surface area is 135 Å². The molecule has 0 fully saturated rings. The van der Waals surface area contributed by atoms with Crippen LogP contribution in [0.4, 0.5) is 4.79 Å². The highest BCUT2D eigenvalue weighted by molar-refractivity contribution is 8.00. The predicted molar refractivity (Wildman–Crippen MR) is 87.1 cm³/mol. The van der Waals surface area contributed by atoms with Gasteiger partial charge >= 0.3 is 6.03 Å². The number of thiophene rings is 1. The van der Waals surface area contributed by atoms with E-state index in [1.165, 1.54) is 41.4 Å². The van der Waals surface area contributed by atoms with E-state index in [2.05, 4.69) is 15.3 Å². The molecule has 8 heteroatoms. The van der Waals surface area contributed by atoms with Crippen LogP contribution in [0, 0.1) is 0 Å². The van der Waals surface area contributed by atoms with Crippen LogP contribution in [0.3, 0.4) is 0 Å². The highest BCUT2D eigenvalue weighted by atomic mass is 32.2. The van der Waals surface area contributed by atoms with Crippen molar-refractivity contribution >= 4 is 45.3 Å². The number of nitrogens with zero attached hydrogens (tertiary/aromatic N) is 2. The summed E-state index contributed by atoms with van der Waals surface area (Å²) in [6.45, 7) is 1.73. The molecule has 1 aliphatic carbocycles. The van der Waals surface area contributed by atoms with Crippen molar-refractivity contribution < 1.29 is 9.59 Å². The number of hydrogen-bond acceptors (Lipinski definition) is 6. The van der Waals surface area contributed by atoms with Crippen molar-refractivity contribution in [2.24, 2.45) is 5.73 Å². The zero-order valence-corrected chi connectivity index (χ0v) is 13.7. The van der Waals surface area contributed by atoms with Crippen LogP contribution in [-0.4, -0.2) is 27.2 Å². The number of carbonyl (C=O) groups excluding carboxylic acids is 2. The van der Waals surface area contributed by atoms with Crippen LogP contribution in [0.1, 0.15) is 30.2 Å². The molecule has 6 nitrogen and oxygen atoms in total. The zero-order valence-electron chi connectivity index (χ0n) is 12.1. The van der Waals surface area contributed by atoms with Gasteiger partial charge in [0.15, 0.2) is 0 Å². The first-order chi connectivity index (χ1) is 10.6. The van der Waals surface area contributed by atoms with Crippen molar-refractivity contribution in [2.75, 3.05) is 0 Å². The van der Waals surface area contributed by atoms with E-state index in [0.29, 0.717) is 0 Å². The maximum atomic E-state index is 11.8. The predicted octanol–water partition coefficient (Wildman–Crippen LogP) is 2.25. The van der Waals surface area contributed by atoms with E-state index in [9.17, 15) is 9.59 Å². The van der Waals surface area contributed by atoms with Gasteiger partial charge in [0.1, 0.15) is 16.2 Å². The number of hydrogen-bond donors (Lipinski definition) is 2. The highest BCUT2D eigenvalue weighted by Gasteiger charge is 2.23. The Bertz CT molecular complexity index is 744. The Morgan fingerprint density at radius 2 is 2.14 bits per heavy atom. The Kier molecular flexibility index (Phi) is 4.30. The van der Waals surface area contributed by atoms with Gasteiger partial charge < -0.3 is 5.73 Å². The number of carbonyl (C=O) groups is 2. The minimum absolute atomic E-state index is 0.409. The minimum Gasteiger partial charge on any atom is -0.351 e. The maximum Gasteiger partial charge on any atom is 0.318 e.